The molecule has 0 atom stereocenters. The Bertz CT molecular complexity index is 674. The Morgan fingerprint density at radius 2 is 1.25 bits per heavy atom. The molecule has 2 nitrogen and oxygen atoms in total. The van der Waals surface area contributed by atoms with Crippen LogP contribution in [0.1, 0.15) is 21.9 Å². The predicted octanol–water partition coefficient (Wildman–Crippen LogP) is 3.96. The van der Waals surface area contributed by atoms with Crippen LogP contribution in [-0.4, -0.2) is 6.29 Å². The van der Waals surface area contributed by atoms with Crippen molar-refractivity contribution in [1.82, 2.24) is 0 Å². The Kier molecular flexibility index (Phi) is 3.69. The first-order valence-corrected chi connectivity index (χ1v) is 5.20. The molecule has 20 heavy (non-hydrogen) atoms. The number of furan rings is 1. The summed E-state index contributed by atoms with van der Waals surface area (Å²) in [5.41, 5.74) is -1.09. The molecule has 1 aromatic heterocycles. The van der Waals surface area contributed by atoms with Crippen molar-refractivity contribution in [2.45, 2.75) is 0 Å². The zero-order chi connectivity index (χ0) is 14.9. The normalized spacial score (nSPS) is 11.2. The Balaban J connectivity index is 2.46. The average molecular weight is 288 g/mol. The molecule has 0 fully saturated rings. The molecule has 0 N–H and O–H groups in total. The van der Waals surface area contributed by atoms with Crippen molar-refractivity contribution in [2.75, 3.05) is 0 Å². The van der Waals surface area contributed by atoms with Crippen LogP contribution in [0.15, 0.2) is 16.5 Å². The highest BCUT2D eigenvalue weighted by Gasteiger charge is 2.24. The van der Waals surface area contributed by atoms with Crippen molar-refractivity contribution in [2.24, 2.45) is 0 Å². The lowest BCUT2D eigenvalue weighted by atomic mass is 10.1. The summed E-state index contributed by atoms with van der Waals surface area (Å²) >= 11 is 0. The van der Waals surface area contributed by atoms with Crippen LogP contribution in [0.2, 0.25) is 0 Å². The minimum atomic E-state index is -2.22. The molecule has 0 saturated heterocycles. The number of carbonyl (C=O) groups excluding carboxylic acids is 1. The highest BCUT2D eigenvalue weighted by Crippen LogP contribution is 2.24. The SMILES string of the molecule is O=Cc1ccc(/C=C/c2c(F)c(F)c(F)c(F)c2F)o1. The van der Waals surface area contributed by atoms with Gasteiger partial charge in [-0.3, -0.25) is 4.79 Å². The monoisotopic (exact) mass is 288 g/mol. The highest BCUT2D eigenvalue weighted by atomic mass is 19.2. The van der Waals surface area contributed by atoms with E-state index in [4.69, 9.17) is 4.42 Å². The molecular formula is C13H5F5O2. The summed E-state index contributed by atoms with van der Waals surface area (Å²) in [7, 11) is 0. The predicted molar refractivity (Wildman–Crippen MR) is 59.3 cm³/mol. The fourth-order valence-corrected chi connectivity index (χ4v) is 1.45. The largest absolute Gasteiger partial charge is 0.454 e. The Labute approximate surface area is 109 Å². The van der Waals surface area contributed by atoms with Crippen LogP contribution >= 0.6 is 0 Å². The van der Waals surface area contributed by atoms with Gasteiger partial charge >= 0.3 is 0 Å². The van der Waals surface area contributed by atoms with E-state index in [-0.39, 0.29) is 11.5 Å². The maximum absolute atomic E-state index is 13.3. The number of aldehydes is 1. The topological polar surface area (TPSA) is 30.2 Å². The van der Waals surface area contributed by atoms with Crippen LogP contribution < -0.4 is 0 Å². The lowest BCUT2D eigenvalue weighted by Crippen LogP contribution is -2.03. The van der Waals surface area contributed by atoms with E-state index in [1.807, 2.05) is 0 Å². The molecule has 2 rings (SSSR count). The van der Waals surface area contributed by atoms with Gasteiger partial charge in [-0.05, 0) is 24.3 Å². The fraction of sp³-hybridized carbons (Fsp3) is 0. The molecule has 2 aromatic rings. The first-order valence-electron chi connectivity index (χ1n) is 5.20. The molecule has 0 aliphatic heterocycles. The number of hydrogen-bond donors (Lipinski definition) is 0. The van der Waals surface area contributed by atoms with E-state index in [0.29, 0.717) is 12.4 Å². The van der Waals surface area contributed by atoms with Gasteiger partial charge in [0.25, 0.3) is 0 Å². The Morgan fingerprint density at radius 1 is 0.750 bits per heavy atom. The highest BCUT2D eigenvalue weighted by molar-refractivity contribution is 5.73. The van der Waals surface area contributed by atoms with Crippen molar-refractivity contribution in [1.29, 1.82) is 0 Å². The summed E-state index contributed by atoms with van der Waals surface area (Å²) in [5.74, 6) is -10.2. The Morgan fingerprint density at radius 3 is 1.75 bits per heavy atom. The number of halogens is 5. The second-order valence-corrected chi connectivity index (χ2v) is 3.67. The molecule has 0 aliphatic rings. The maximum atomic E-state index is 13.3. The molecule has 0 bridgehead atoms. The summed E-state index contributed by atoms with van der Waals surface area (Å²) in [6, 6.07) is 2.58. The van der Waals surface area contributed by atoms with E-state index in [9.17, 15) is 26.7 Å². The average Bonchev–Trinajstić information content (AvgIpc) is 2.91. The van der Waals surface area contributed by atoms with Gasteiger partial charge in [0.2, 0.25) is 5.82 Å². The lowest BCUT2D eigenvalue weighted by Gasteiger charge is -2.03. The third kappa shape index (κ3) is 2.34. The van der Waals surface area contributed by atoms with Crippen molar-refractivity contribution in [3.63, 3.8) is 0 Å². The molecule has 0 unspecified atom stereocenters. The number of hydrogen-bond acceptors (Lipinski definition) is 2. The van der Waals surface area contributed by atoms with Crippen LogP contribution in [0.4, 0.5) is 22.0 Å². The first-order chi connectivity index (χ1) is 9.45. The molecule has 0 aliphatic carbocycles. The molecule has 0 radical (unpaired) electrons. The molecule has 0 spiro atoms. The smallest absolute Gasteiger partial charge is 0.200 e. The van der Waals surface area contributed by atoms with Gasteiger partial charge in [0, 0.05) is 0 Å². The third-order valence-electron chi connectivity index (χ3n) is 2.42. The molecular weight excluding hydrogens is 283 g/mol. The van der Waals surface area contributed by atoms with Crippen LogP contribution in [-0.2, 0) is 0 Å². The molecule has 0 amide bonds. The second kappa shape index (κ2) is 5.28. The standard InChI is InChI=1S/C13H5F5O2/c14-9-8(10(15)12(17)13(18)11(9)16)4-3-6-1-2-7(5-19)20-6/h1-5H/b4-3+. The number of carbonyl (C=O) groups is 1. The van der Waals surface area contributed by atoms with Gasteiger partial charge in [0.1, 0.15) is 5.76 Å². The zero-order valence-electron chi connectivity index (χ0n) is 9.59. The van der Waals surface area contributed by atoms with E-state index in [1.165, 1.54) is 12.1 Å². The van der Waals surface area contributed by atoms with Gasteiger partial charge in [0.15, 0.2) is 35.3 Å². The minimum absolute atomic E-state index is 0.0241. The molecule has 104 valence electrons. The fourth-order valence-electron chi connectivity index (χ4n) is 1.45. The molecule has 7 heteroatoms. The van der Waals surface area contributed by atoms with E-state index in [0.717, 1.165) is 6.08 Å². The van der Waals surface area contributed by atoms with Gasteiger partial charge in [-0.2, -0.15) is 0 Å². The minimum Gasteiger partial charge on any atom is -0.454 e. The van der Waals surface area contributed by atoms with Gasteiger partial charge < -0.3 is 4.42 Å². The molecule has 1 aromatic carbocycles. The summed E-state index contributed by atoms with van der Waals surface area (Å²) in [5, 5.41) is 0. The van der Waals surface area contributed by atoms with Crippen LogP contribution in [0.3, 0.4) is 0 Å². The summed E-state index contributed by atoms with van der Waals surface area (Å²) in [4.78, 5) is 10.4. The van der Waals surface area contributed by atoms with Gasteiger partial charge in [0.05, 0.1) is 5.56 Å². The zero-order valence-corrected chi connectivity index (χ0v) is 9.59. The van der Waals surface area contributed by atoms with Crippen molar-refractivity contribution >= 4 is 18.4 Å². The van der Waals surface area contributed by atoms with E-state index < -0.39 is 34.6 Å². The van der Waals surface area contributed by atoms with E-state index >= 15 is 0 Å². The maximum Gasteiger partial charge on any atom is 0.200 e. The molecule has 1 heterocycles. The van der Waals surface area contributed by atoms with Crippen molar-refractivity contribution < 1.29 is 31.2 Å². The van der Waals surface area contributed by atoms with Crippen LogP contribution in [0, 0.1) is 29.1 Å². The van der Waals surface area contributed by atoms with Crippen LogP contribution in [0.5, 0.6) is 0 Å². The van der Waals surface area contributed by atoms with E-state index in [1.54, 1.807) is 0 Å². The van der Waals surface area contributed by atoms with Gasteiger partial charge in [-0.1, -0.05) is 0 Å². The van der Waals surface area contributed by atoms with E-state index in [2.05, 4.69) is 0 Å². The van der Waals surface area contributed by atoms with Crippen LogP contribution in [0.25, 0.3) is 12.2 Å². The quantitative estimate of drug-likeness (QED) is 0.370. The number of benzene rings is 1. The number of rotatable bonds is 3. The van der Waals surface area contributed by atoms with Gasteiger partial charge in [-0.25, -0.2) is 22.0 Å². The third-order valence-corrected chi connectivity index (χ3v) is 2.42. The van der Waals surface area contributed by atoms with Crippen molar-refractivity contribution in [3.8, 4) is 0 Å². The first kappa shape index (κ1) is 14.0. The molecule has 0 saturated carbocycles. The summed E-state index contributed by atoms with van der Waals surface area (Å²) in [6.45, 7) is 0. The Hall–Kier alpha value is -2.44. The lowest BCUT2D eigenvalue weighted by molar-refractivity contribution is 0.110. The summed E-state index contributed by atoms with van der Waals surface area (Å²) in [6.07, 6.45) is 2.05. The summed E-state index contributed by atoms with van der Waals surface area (Å²) < 4.78 is 70.1. The van der Waals surface area contributed by atoms with Crippen molar-refractivity contribution in [3.05, 3.63) is 58.3 Å². The van der Waals surface area contributed by atoms with Gasteiger partial charge in [-0.15, -0.1) is 0 Å². The second-order valence-electron chi connectivity index (χ2n) is 3.67.